The SMILES string of the molecule is [2H]C1=C(C)c2cc3nc(cc4[nH]c(cc5[nH]c(cc1n2)cc5C)c(C=C)c4C)C(C=C)=C3C. The van der Waals surface area contributed by atoms with Crippen LogP contribution in [-0.4, -0.2) is 19.9 Å². The van der Waals surface area contributed by atoms with Crippen molar-refractivity contribution in [2.24, 2.45) is 0 Å². The van der Waals surface area contributed by atoms with Crippen molar-refractivity contribution in [2.75, 3.05) is 0 Å². The molecule has 4 heteroatoms. The molecule has 0 atom stereocenters. The maximum atomic E-state index is 8.58. The van der Waals surface area contributed by atoms with E-state index in [-0.39, 0.29) is 0 Å². The second kappa shape index (κ2) is 7.34. The molecule has 0 fully saturated rings. The zero-order valence-electron chi connectivity index (χ0n) is 19.9. The number of fused-ring (bicyclic) bond motifs is 8. The number of nitrogens with one attached hydrogen (secondary N) is 2. The number of H-pyrrole nitrogens is 2. The minimum Gasteiger partial charge on any atom is -0.355 e. The summed E-state index contributed by atoms with van der Waals surface area (Å²) in [5.41, 5.74) is 13.2. The molecule has 0 spiro atoms. The van der Waals surface area contributed by atoms with Gasteiger partial charge in [-0.1, -0.05) is 25.3 Å². The molecular weight excluding hydrogens is 392 g/mol. The Kier molecular flexibility index (Phi) is 4.32. The summed E-state index contributed by atoms with van der Waals surface area (Å²) in [6.07, 6.45) is 3.74. The van der Waals surface area contributed by atoms with Crippen molar-refractivity contribution < 1.29 is 1.37 Å². The Morgan fingerprint density at radius 1 is 0.812 bits per heavy atom. The van der Waals surface area contributed by atoms with Gasteiger partial charge < -0.3 is 9.97 Å². The highest BCUT2D eigenvalue weighted by molar-refractivity contribution is 5.97. The van der Waals surface area contributed by atoms with Crippen molar-refractivity contribution in [3.63, 3.8) is 0 Å². The fraction of sp³-hybridized carbons (Fsp3) is 0.143. The van der Waals surface area contributed by atoms with Crippen LogP contribution in [0.4, 0.5) is 0 Å². The Morgan fingerprint density at radius 2 is 1.62 bits per heavy atom. The standard InChI is InChI=1S/C28H26N4/c1-7-21-18(6)26-14-28-22(8-2)17(5)25(31-28)12-23-15(3)9-19(29-23)11-20-10-16(4)24(30-20)13-27(21)32-26/h7-14,30,32H,1-2H2,3-6H3/i9D. The number of allylic oxidation sites excluding steroid dienone is 4. The van der Waals surface area contributed by atoms with E-state index in [4.69, 9.17) is 11.3 Å². The van der Waals surface area contributed by atoms with Crippen LogP contribution < -0.4 is 0 Å². The lowest BCUT2D eigenvalue weighted by molar-refractivity contribution is 1.25. The monoisotopic (exact) mass is 419 g/mol. The van der Waals surface area contributed by atoms with Crippen LogP contribution in [0.5, 0.6) is 0 Å². The summed E-state index contributed by atoms with van der Waals surface area (Å²) in [5, 5.41) is 0. The third-order valence-corrected chi connectivity index (χ3v) is 6.23. The highest BCUT2D eigenvalue weighted by Gasteiger charge is 2.16. The summed E-state index contributed by atoms with van der Waals surface area (Å²) in [6, 6.07) is 10.6. The topological polar surface area (TPSA) is 57.4 Å². The summed E-state index contributed by atoms with van der Waals surface area (Å²) < 4.78 is 8.58. The molecule has 4 nitrogen and oxygen atoms in total. The average Bonchev–Trinajstić information content (AvgIpc) is 3.45. The van der Waals surface area contributed by atoms with Gasteiger partial charge in [-0.3, -0.25) is 0 Å². The number of hydrogen-bond donors (Lipinski definition) is 2. The van der Waals surface area contributed by atoms with Crippen molar-refractivity contribution in [3.8, 4) is 0 Å². The van der Waals surface area contributed by atoms with E-state index in [1.807, 2.05) is 38.1 Å². The molecule has 0 saturated heterocycles. The van der Waals surface area contributed by atoms with Crippen LogP contribution in [0.1, 0.15) is 54.7 Å². The zero-order chi connectivity index (χ0) is 23.4. The van der Waals surface area contributed by atoms with Crippen molar-refractivity contribution >= 4 is 50.9 Å². The van der Waals surface area contributed by atoms with Gasteiger partial charge in [-0.2, -0.15) is 0 Å². The van der Waals surface area contributed by atoms with E-state index in [9.17, 15) is 0 Å². The molecule has 158 valence electrons. The molecule has 2 aliphatic rings. The van der Waals surface area contributed by atoms with Gasteiger partial charge in [0.05, 0.1) is 24.1 Å². The molecule has 0 aromatic carbocycles. The number of aryl methyl sites for hydroxylation is 2. The molecule has 2 N–H and O–H groups in total. The Bertz CT molecular complexity index is 1590. The van der Waals surface area contributed by atoms with Crippen LogP contribution in [-0.2, 0) is 0 Å². The van der Waals surface area contributed by atoms with Gasteiger partial charge in [0.15, 0.2) is 0 Å². The fourth-order valence-corrected chi connectivity index (χ4v) is 4.38. The lowest BCUT2D eigenvalue weighted by Gasteiger charge is -1.96. The van der Waals surface area contributed by atoms with Crippen LogP contribution in [0.25, 0.3) is 50.9 Å². The van der Waals surface area contributed by atoms with Gasteiger partial charge in [-0.15, -0.1) is 0 Å². The first-order chi connectivity index (χ1) is 15.8. The van der Waals surface area contributed by atoms with E-state index in [0.29, 0.717) is 11.7 Å². The number of rotatable bonds is 2. The fourth-order valence-electron chi connectivity index (χ4n) is 4.38. The highest BCUT2D eigenvalue weighted by atomic mass is 14.8. The molecule has 0 radical (unpaired) electrons. The van der Waals surface area contributed by atoms with Crippen LogP contribution in [0.2, 0.25) is 0 Å². The third-order valence-electron chi connectivity index (χ3n) is 6.23. The molecule has 8 bridgehead atoms. The molecule has 3 aromatic rings. The Morgan fingerprint density at radius 3 is 2.38 bits per heavy atom. The minimum atomic E-state index is 0.432. The van der Waals surface area contributed by atoms with Gasteiger partial charge in [0, 0.05) is 33.2 Å². The van der Waals surface area contributed by atoms with Gasteiger partial charge in [0.1, 0.15) is 0 Å². The van der Waals surface area contributed by atoms with Gasteiger partial charge in [0.2, 0.25) is 0 Å². The normalized spacial score (nSPS) is 14.1. The second-order valence-corrected chi connectivity index (χ2v) is 8.35. The number of hydrogen-bond acceptors (Lipinski definition) is 2. The molecule has 0 unspecified atom stereocenters. The number of nitrogens with zero attached hydrogens (tertiary/aromatic N) is 2. The average molecular weight is 420 g/mol. The van der Waals surface area contributed by atoms with Crippen molar-refractivity contribution in [2.45, 2.75) is 27.7 Å². The van der Waals surface area contributed by atoms with Crippen molar-refractivity contribution in [1.29, 1.82) is 0 Å². The Hall–Kier alpha value is -3.92. The van der Waals surface area contributed by atoms with Gasteiger partial charge in [-0.05, 0) is 86.4 Å². The maximum Gasteiger partial charge on any atom is 0.0733 e. The van der Waals surface area contributed by atoms with Crippen molar-refractivity contribution in [3.05, 3.63) is 89.0 Å². The molecule has 5 heterocycles. The lowest BCUT2D eigenvalue weighted by atomic mass is 10.1. The first-order valence-electron chi connectivity index (χ1n) is 11.2. The quantitative estimate of drug-likeness (QED) is 0.459. The number of aromatic amines is 2. The molecule has 5 rings (SSSR count). The maximum absolute atomic E-state index is 8.58. The Balaban J connectivity index is 1.99. The van der Waals surface area contributed by atoms with Crippen LogP contribution in [0.3, 0.4) is 0 Å². The molecule has 32 heavy (non-hydrogen) atoms. The lowest BCUT2D eigenvalue weighted by Crippen LogP contribution is -1.82. The van der Waals surface area contributed by atoms with E-state index in [0.717, 1.165) is 72.6 Å². The first kappa shape index (κ1) is 18.8. The molecule has 0 saturated carbocycles. The van der Waals surface area contributed by atoms with Crippen molar-refractivity contribution in [1.82, 2.24) is 19.9 Å². The van der Waals surface area contributed by atoms with E-state index in [1.165, 1.54) is 0 Å². The molecule has 0 amide bonds. The van der Waals surface area contributed by atoms with Crippen LogP contribution in [0, 0.1) is 13.8 Å². The first-order valence-corrected chi connectivity index (χ1v) is 10.7. The minimum absolute atomic E-state index is 0.432. The zero-order valence-corrected chi connectivity index (χ0v) is 18.9. The van der Waals surface area contributed by atoms with E-state index in [2.05, 4.69) is 55.2 Å². The Labute approximate surface area is 189 Å². The summed E-state index contributed by atoms with van der Waals surface area (Å²) in [6.45, 7) is 16.2. The smallest absolute Gasteiger partial charge is 0.0733 e. The van der Waals surface area contributed by atoms with Gasteiger partial charge in [-0.25, -0.2) is 9.97 Å². The predicted octanol–water partition coefficient (Wildman–Crippen LogP) is 7.25. The summed E-state index contributed by atoms with van der Waals surface area (Å²) in [5.74, 6) is 0. The molecular formula is C28H26N4. The summed E-state index contributed by atoms with van der Waals surface area (Å²) >= 11 is 0. The molecule has 3 aromatic heterocycles. The number of aromatic nitrogens is 4. The van der Waals surface area contributed by atoms with Gasteiger partial charge >= 0.3 is 0 Å². The second-order valence-electron chi connectivity index (χ2n) is 8.35. The van der Waals surface area contributed by atoms with E-state index in [1.54, 1.807) is 0 Å². The summed E-state index contributed by atoms with van der Waals surface area (Å²) in [7, 11) is 0. The highest BCUT2D eigenvalue weighted by Crippen LogP contribution is 2.33. The van der Waals surface area contributed by atoms with E-state index < -0.39 is 0 Å². The van der Waals surface area contributed by atoms with Gasteiger partial charge in [0.25, 0.3) is 0 Å². The predicted molar refractivity (Wildman–Crippen MR) is 137 cm³/mol. The summed E-state index contributed by atoms with van der Waals surface area (Å²) in [4.78, 5) is 16.7. The van der Waals surface area contributed by atoms with Crippen LogP contribution in [0.15, 0.2) is 49.6 Å². The van der Waals surface area contributed by atoms with Crippen LogP contribution >= 0.6 is 0 Å². The molecule has 0 aliphatic carbocycles. The van der Waals surface area contributed by atoms with E-state index >= 15 is 0 Å². The third kappa shape index (κ3) is 3.16. The molecule has 2 aliphatic heterocycles. The largest absolute Gasteiger partial charge is 0.355 e.